The maximum absolute atomic E-state index is 12.6. The summed E-state index contributed by atoms with van der Waals surface area (Å²) in [6.45, 7) is 0. The number of amides is 2. The molecule has 3 aromatic rings. The van der Waals surface area contributed by atoms with Crippen molar-refractivity contribution < 1.29 is 9.59 Å². The lowest BCUT2D eigenvalue weighted by Gasteiger charge is -2.08. The van der Waals surface area contributed by atoms with Crippen molar-refractivity contribution in [2.45, 2.75) is 0 Å². The number of rotatable bonds is 3. The number of benzene rings is 2. The fourth-order valence-corrected chi connectivity index (χ4v) is 3.73. The SMILES string of the molecule is NC(=O)c1sc2ccccc2c1C(=O)Nc1ccc(Cl)cc1Cl. The Morgan fingerprint density at radius 3 is 2.52 bits per heavy atom. The van der Waals surface area contributed by atoms with E-state index in [1.807, 2.05) is 12.1 Å². The molecule has 2 amide bonds. The lowest BCUT2D eigenvalue weighted by atomic mass is 10.1. The maximum Gasteiger partial charge on any atom is 0.259 e. The normalized spacial score (nSPS) is 10.7. The molecule has 2 aromatic carbocycles. The minimum atomic E-state index is -0.640. The van der Waals surface area contributed by atoms with Crippen LogP contribution in [0.1, 0.15) is 20.0 Å². The smallest absolute Gasteiger partial charge is 0.259 e. The number of nitrogens with two attached hydrogens (primary N) is 1. The van der Waals surface area contributed by atoms with E-state index in [0.717, 1.165) is 4.70 Å². The monoisotopic (exact) mass is 364 g/mol. The van der Waals surface area contributed by atoms with E-state index in [2.05, 4.69) is 5.32 Å². The number of primary amides is 1. The first kappa shape index (κ1) is 15.8. The van der Waals surface area contributed by atoms with Crippen LogP contribution in [0.2, 0.25) is 10.0 Å². The average molecular weight is 365 g/mol. The predicted octanol–water partition coefficient (Wildman–Crippen LogP) is 4.56. The van der Waals surface area contributed by atoms with Gasteiger partial charge in [-0.2, -0.15) is 0 Å². The molecule has 3 N–H and O–H groups in total. The Morgan fingerprint density at radius 1 is 1.09 bits per heavy atom. The van der Waals surface area contributed by atoms with Gasteiger partial charge in [-0.15, -0.1) is 11.3 Å². The van der Waals surface area contributed by atoms with Crippen LogP contribution in [0.4, 0.5) is 5.69 Å². The van der Waals surface area contributed by atoms with E-state index in [1.165, 1.54) is 17.4 Å². The molecule has 7 heteroatoms. The highest BCUT2D eigenvalue weighted by molar-refractivity contribution is 7.21. The maximum atomic E-state index is 12.6. The highest BCUT2D eigenvalue weighted by Gasteiger charge is 2.22. The zero-order valence-electron chi connectivity index (χ0n) is 11.6. The van der Waals surface area contributed by atoms with E-state index in [-0.39, 0.29) is 10.4 Å². The van der Waals surface area contributed by atoms with Crippen molar-refractivity contribution >= 4 is 62.1 Å². The molecule has 0 bridgehead atoms. The van der Waals surface area contributed by atoms with Crippen molar-refractivity contribution in [3.05, 3.63) is 63.0 Å². The van der Waals surface area contributed by atoms with Crippen molar-refractivity contribution in [3.8, 4) is 0 Å². The summed E-state index contributed by atoms with van der Waals surface area (Å²) < 4.78 is 0.814. The molecule has 0 aliphatic carbocycles. The Labute approximate surface area is 145 Å². The van der Waals surface area contributed by atoms with Gasteiger partial charge in [-0.3, -0.25) is 9.59 Å². The molecule has 0 aliphatic heterocycles. The number of carbonyl (C=O) groups excluding carboxylic acids is 2. The summed E-state index contributed by atoms with van der Waals surface area (Å²) in [5.41, 5.74) is 6.07. The lowest BCUT2D eigenvalue weighted by molar-refractivity contribution is 0.0982. The van der Waals surface area contributed by atoms with Gasteiger partial charge in [-0.25, -0.2) is 0 Å². The van der Waals surface area contributed by atoms with Gasteiger partial charge < -0.3 is 11.1 Å². The standard InChI is InChI=1S/C16H10Cl2N2O2S/c17-8-5-6-11(10(18)7-8)20-16(22)13-9-3-1-2-4-12(9)23-14(13)15(19)21/h1-7H,(H2,19,21)(H,20,22). The summed E-state index contributed by atoms with van der Waals surface area (Å²) in [6, 6.07) is 12.0. The second-order valence-electron chi connectivity index (χ2n) is 4.74. The molecule has 0 unspecified atom stereocenters. The van der Waals surface area contributed by atoms with Crippen LogP contribution >= 0.6 is 34.5 Å². The number of nitrogens with one attached hydrogen (secondary N) is 1. The van der Waals surface area contributed by atoms with Crippen LogP contribution in [0.15, 0.2) is 42.5 Å². The Morgan fingerprint density at radius 2 is 1.83 bits per heavy atom. The van der Waals surface area contributed by atoms with Gasteiger partial charge in [0.15, 0.2) is 0 Å². The van der Waals surface area contributed by atoms with E-state index in [4.69, 9.17) is 28.9 Å². The summed E-state index contributed by atoms with van der Waals surface area (Å²) in [7, 11) is 0. The minimum Gasteiger partial charge on any atom is -0.365 e. The van der Waals surface area contributed by atoms with E-state index >= 15 is 0 Å². The molecule has 3 rings (SSSR count). The molecule has 0 radical (unpaired) electrons. The van der Waals surface area contributed by atoms with Crippen LogP contribution in [-0.4, -0.2) is 11.8 Å². The molecule has 1 heterocycles. The summed E-state index contributed by atoms with van der Waals surface area (Å²) in [5, 5.41) is 4.15. The number of hydrogen-bond donors (Lipinski definition) is 2. The molecule has 4 nitrogen and oxygen atoms in total. The van der Waals surface area contributed by atoms with Gasteiger partial charge in [0.05, 0.1) is 16.3 Å². The van der Waals surface area contributed by atoms with Crippen LogP contribution in [0, 0.1) is 0 Å². The molecule has 116 valence electrons. The van der Waals surface area contributed by atoms with Gasteiger partial charge in [-0.05, 0) is 24.3 Å². The summed E-state index contributed by atoms with van der Waals surface area (Å²) >= 11 is 13.1. The van der Waals surface area contributed by atoms with Crippen LogP contribution in [0.5, 0.6) is 0 Å². The summed E-state index contributed by atoms with van der Waals surface area (Å²) in [5.74, 6) is -1.08. The first-order valence-electron chi connectivity index (χ1n) is 6.55. The highest BCUT2D eigenvalue weighted by Crippen LogP contribution is 2.32. The minimum absolute atomic E-state index is 0.216. The third-order valence-electron chi connectivity index (χ3n) is 3.23. The van der Waals surface area contributed by atoms with Crippen molar-refractivity contribution in [1.29, 1.82) is 0 Å². The average Bonchev–Trinajstić information content (AvgIpc) is 2.90. The summed E-state index contributed by atoms with van der Waals surface area (Å²) in [4.78, 5) is 24.5. The van der Waals surface area contributed by atoms with E-state index in [0.29, 0.717) is 21.1 Å². The molecule has 0 saturated carbocycles. The van der Waals surface area contributed by atoms with Crippen LogP contribution in [0.3, 0.4) is 0 Å². The second kappa shape index (κ2) is 6.20. The van der Waals surface area contributed by atoms with Crippen molar-refractivity contribution in [3.63, 3.8) is 0 Å². The fraction of sp³-hybridized carbons (Fsp3) is 0. The fourth-order valence-electron chi connectivity index (χ4n) is 2.22. The lowest BCUT2D eigenvalue weighted by Crippen LogP contribution is -2.18. The molecule has 1 aromatic heterocycles. The van der Waals surface area contributed by atoms with Gasteiger partial charge in [0, 0.05) is 15.1 Å². The zero-order valence-corrected chi connectivity index (χ0v) is 13.9. The third-order valence-corrected chi connectivity index (χ3v) is 4.96. The molecular formula is C16H10Cl2N2O2S. The molecule has 0 fully saturated rings. The molecule has 0 aliphatic rings. The zero-order chi connectivity index (χ0) is 16.6. The van der Waals surface area contributed by atoms with Crippen molar-refractivity contribution in [2.75, 3.05) is 5.32 Å². The Balaban J connectivity index is 2.06. The van der Waals surface area contributed by atoms with Gasteiger partial charge in [0.2, 0.25) is 0 Å². The Kier molecular flexibility index (Phi) is 4.26. The van der Waals surface area contributed by atoms with Gasteiger partial charge in [0.25, 0.3) is 11.8 Å². The second-order valence-corrected chi connectivity index (χ2v) is 6.64. The third kappa shape index (κ3) is 3.03. The topological polar surface area (TPSA) is 72.2 Å². The van der Waals surface area contributed by atoms with Crippen molar-refractivity contribution in [2.24, 2.45) is 5.73 Å². The molecule has 0 saturated heterocycles. The van der Waals surface area contributed by atoms with E-state index < -0.39 is 11.8 Å². The van der Waals surface area contributed by atoms with Gasteiger partial charge in [-0.1, -0.05) is 41.4 Å². The number of fused-ring (bicyclic) bond motifs is 1. The van der Waals surface area contributed by atoms with Crippen LogP contribution in [0.25, 0.3) is 10.1 Å². The number of thiophene rings is 1. The number of carbonyl (C=O) groups is 2. The van der Waals surface area contributed by atoms with Crippen LogP contribution in [-0.2, 0) is 0 Å². The van der Waals surface area contributed by atoms with Crippen LogP contribution < -0.4 is 11.1 Å². The number of anilines is 1. The molecule has 0 spiro atoms. The Bertz CT molecular complexity index is 937. The molecule has 23 heavy (non-hydrogen) atoms. The number of halogens is 2. The van der Waals surface area contributed by atoms with E-state index in [1.54, 1.807) is 24.3 Å². The highest BCUT2D eigenvalue weighted by atomic mass is 35.5. The largest absolute Gasteiger partial charge is 0.365 e. The Hall–Kier alpha value is -2.08. The summed E-state index contributed by atoms with van der Waals surface area (Å²) in [6.07, 6.45) is 0. The van der Waals surface area contributed by atoms with E-state index in [9.17, 15) is 9.59 Å². The predicted molar refractivity (Wildman–Crippen MR) is 94.8 cm³/mol. The first-order valence-corrected chi connectivity index (χ1v) is 8.12. The van der Waals surface area contributed by atoms with Gasteiger partial charge >= 0.3 is 0 Å². The molecular weight excluding hydrogens is 355 g/mol. The van der Waals surface area contributed by atoms with Crippen molar-refractivity contribution in [1.82, 2.24) is 0 Å². The molecule has 0 atom stereocenters. The first-order chi connectivity index (χ1) is 11.0. The quantitative estimate of drug-likeness (QED) is 0.714. The van der Waals surface area contributed by atoms with Gasteiger partial charge in [0.1, 0.15) is 4.88 Å². The number of hydrogen-bond acceptors (Lipinski definition) is 3.